The maximum atomic E-state index is 11.7. The van der Waals surface area contributed by atoms with Crippen LogP contribution in [-0.2, 0) is 9.53 Å². The molecule has 0 aromatic carbocycles. The van der Waals surface area contributed by atoms with Crippen molar-refractivity contribution in [3.63, 3.8) is 0 Å². The minimum absolute atomic E-state index is 0.114. The molecule has 1 aliphatic heterocycles. The van der Waals surface area contributed by atoms with Gasteiger partial charge in [0.2, 0.25) is 0 Å². The summed E-state index contributed by atoms with van der Waals surface area (Å²) in [4.78, 5) is 32.8. The third kappa shape index (κ3) is 2.69. The summed E-state index contributed by atoms with van der Waals surface area (Å²) >= 11 is 0. The van der Waals surface area contributed by atoms with Gasteiger partial charge in [0.1, 0.15) is 11.6 Å². The topological polar surface area (TPSA) is 75.3 Å². The molecule has 0 radical (unpaired) electrons. The monoisotopic (exact) mass is 277 g/mol. The van der Waals surface area contributed by atoms with Gasteiger partial charge in [0.15, 0.2) is 0 Å². The third-order valence-corrected chi connectivity index (χ3v) is 3.99. The predicted molar refractivity (Wildman–Crippen MR) is 73.8 cm³/mol. The van der Waals surface area contributed by atoms with Crippen LogP contribution in [0.4, 0.5) is 5.82 Å². The smallest absolute Gasteiger partial charge is 0.310 e. The quantitative estimate of drug-likeness (QED) is 0.835. The number of nitrogens with one attached hydrogen (secondary N) is 1. The largest absolute Gasteiger partial charge is 0.469 e. The Morgan fingerprint density at radius 1 is 1.45 bits per heavy atom. The second-order valence-corrected chi connectivity index (χ2v) is 5.57. The van der Waals surface area contributed by atoms with Gasteiger partial charge in [0.25, 0.3) is 5.56 Å². The van der Waals surface area contributed by atoms with Crippen LogP contribution in [0.1, 0.15) is 37.4 Å². The number of carbonyl (C=O) groups is 1. The fourth-order valence-corrected chi connectivity index (χ4v) is 2.72. The van der Waals surface area contributed by atoms with Gasteiger partial charge in [0, 0.05) is 25.1 Å². The first-order valence-corrected chi connectivity index (χ1v) is 7.11. The molecule has 1 saturated heterocycles. The third-order valence-electron chi connectivity index (χ3n) is 3.99. The summed E-state index contributed by atoms with van der Waals surface area (Å²) in [6.45, 7) is 1.40. The summed E-state index contributed by atoms with van der Waals surface area (Å²) in [7, 11) is 1.41. The molecule has 1 saturated carbocycles. The van der Waals surface area contributed by atoms with Gasteiger partial charge in [-0.15, -0.1) is 0 Å². The Kier molecular flexibility index (Phi) is 3.46. The zero-order chi connectivity index (χ0) is 14.1. The maximum absolute atomic E-state index is 11.7. The van der Waals surface area contributed by atoms with Crippen molar-refractivity contribution in [1.82, 2.24) is 9.97 Å². The van der Waals surface area contributed by atoms with Gasteiger partial charge in [0.05, 0.1) is 13.0 Å². The van der Waals surface area contributed by atoms with Crippen LogP contribution in [0.5, 0.6) is 0 Å². The maximum Gasteiger partial charge on any atom is 0.310 e. The molecule has 6 heteroatoms. The van der Waals surface area contributed by atoms with Gasteiger partial charge in [-0.2, -0.15) is 0 Å². The summed E-state index contributed by atoms with van der Waals surface area (Å²) < 4.78 is 4.82. The number of H-pyrrole nitrogens is 1. The molecule has 0 bridgehead atoms. The number of ether oxygens (including phenoxy) is 1. The first kappa shape index (κ1) is 13.1. The number of esters is 1. The van der Waals surface area contributed by atoms with Crippen LogP contribution < -0.4 is 10.5 Å². The molecule has 108 valence electrons. The van der Waals surface area contributed by atoms with Crippen molar-refractivity contribution in [3.8, 4) is 0 Å². The summed E-state index contributed by atoms with van der Waals surface area (Å²) in [6, 6.07) is 1.52. The molecule has 2 fully saturated rings. The number of methoxy groups -OCH3 is 1. The number of anilines is 1. The Morgan fingerprint density at radius 2 is 2.25 bits per heavy atom. The molecule has 3 rings (SSSR count). The second kappa shape index (κ2) is 5.26. The minimum Gasteiger partial charge on any atom is -0.469 e. The molecule has 1 aliphatic carbocycles. The Morgan fingerprint density at radius 3 is 2.95 bits per heavy atom. The van der Waals surface area contributed by atoms with E-state index in [1.54, 1.807) is 0 Å². The first-order valence-electron chi connectivity index (χ1n) is 7.11. The lowest BCUT2D eigenvalue weighted by Gasteiger charge is -2.32. The molecule has 2 aliphatic rings. The molecule has 0 spiro atoms. The number of piperidine rings is 1. The molecular formula is C14H19N3O3. The van der Waals surface area contributed by atoms with Gasteiger partial charge < -0.3 is 14.6 Å². The van der Waals surface area contributed by atoms with Crippen LogP contribution in [0, 0.1) is 5.92 Å². The van der Waals surface area contributed by atoms with E-state index in [1.165, 1.54) is 13.2 Å². The number of aromatic amines is 1. The Hall–Kier alpha value is -1.85. The second-order valence-electron chi connectivity index (χ2n) is 5.57. The fourth-order valence-electron chi connectivity index (χ4n) is 2.72. The highest BCUT2D eigenvalue weighted by Gasteiger charge is 2.30. The minimum atomic E-state index is -0.179. The summed E-state index contributed by atoms with van der Waals surface area (Å²) in [5.41, 5.74) is -0.114. The van der Waals surface area contributed by atoms with Gasteiger partial charge in [-0.25, -0.2) is 4.98 Å². The highest BCUT2D eigenvalue weighted by Crippen LogP contribution is 2.38. The van der Waals surface area contributed by atoms with Gasteiger partial charge >= 0.3 is 5.97 Å². The van der Waals surface area contributed by atoms with E-state index in [1.807, 2.05) is 4.90 Å². The molecule has 6 nitrogen and oxygen atoms in total. The lowest BCUT2D eigenvalue weighted by Crippen LogP contribution is -2.40. The number of aromatic nitrogens is 2. The number of nitrogens with zero attached hydrogens (tertiary/aromatic N) is 2. The van der Waals surface area contributed by atoms with Crippen molar-refractivity contribution < 1.29 is 9.53 Å². The van der Waals surface area contributed by atoms with Crippen molar-refractivity contribution in [1.29, 1.82) is 0 Å². The normalized spacial score (nSPS) is 22.6. The molecule has 1 N–H and O–H groups in total. The van der Waals surface area contributed by atoms with Crippen molar-refractivity contribution in [2.45, 2.75) is 31.6 Å². The van der Waals surface area contributed by atoms with E-state index in [4.69, 9.17) is 4.74 Å². The van der Waals surface area contributed by atoms with E-state index in [0.29, 0.717) is 18.3 Å². The highest BCUT2D eigenvalue weighted by atomic mass is 16.5. The number of hydrogen-bond acceptors (Lipinski definition) is 5. The Balaban J connectivity index is 1.81. The van der Waals surface area contributed by atoms with Gasteiger partial charge in [-0.1, -0.05) is 0 Å². The van der Waals surface area contributed by atoms with Gasteiger partial charge in [-0.3, -0.25) is 9.59 Å². The lowest BCUT2D eigenvalue weighted by molar-refractivity contribution is -0.145. The summed E-state index contributed by atoms with van der Waals surface area (Å²) in [6.07, 6.45) is 3.93. The van der Waals surface area contributed by atoms with Crippen molar-refractivity contribution in [3.05, 3.63) is 22.2 Å². The van der Waals surface area contributed by atoms with Crippen LogP contribution in [0.15, 0.2) is 10.9 Å². The van der Waals surface area contributed by atoms with Crippen LogP contribution in [-0.4, -0.2) is 36.1 Å². The zero-order valence-electron chi connectivity index (χ0n) is 11.6. The zero-order valence-corrected chi connectivity index (χ0v) is 11.6. The molecular weight excluding hydrogens is 258 g/mol. The molecule has 1 unspecified atom stereocenters. The fraction of sp³-hybridized carbons (Fsp3) is 0.643. The average Bonchev–Trinajstić information content (AvgIpc) is 3.30. The van der Waals surface area contributed by atoms with E-state index in [0.717, 1.165) is 38.1 Å². The molecule has 20 heavy (non-hydrogen) atoms. The molecule has 0 amide bonds. The van der Waals surface area contributed by atoms with E-state index in [2.05, 4.69) is 9.97 Å². The van der Waals surface area contributed by atoms with Crippen LogP contribution >= 0.6 is 0 Å². The summed E-state index contributed by atoms with van der Waals surface area (Å²) in [5.74, 6) is 1.57. The molecule has 2 heterocycles. The Bertz CT molecular complexity index is 565. The van der Waals surface area contributed by atoms with Crippen LogP contribution in [0.2, 0.25) is 0 Å². The lowest BCUT2D eigenvalue weighted by atomic mass is 9.98. The highest BCUT2D eigenvalue weighted by molar-refractivity contribution is 5.73. The summed E-state index contributed by atoms with van der Waals surface area (Å²) in [5, 5.41) is 0. The number of hydrogen-bond donors (Lipinski definition) is 1. The van der Waals surface area contributed by atoms with Gasteiger partial charge in [-0.05, 0) is 25.7 Å². The van der Waals surface area contributed by atoms with E-state index < -0.39 is 0 Å². The van der Waals surface area contributed by atoms with Crippen LogP contribution in [0.25, 0.3) is 0 Å². The standard InChI is InChI=1S/C14H19N3O3/c1-20-14(19)10-3-2-6-17(8-10)11-7-12(18)16-13(15-11)9-4-5-9/h7,9-10H,2-6,8H2,1H3,(H,15,16,18). The van der Waals surface area contributed by atoms with E-state index >= 15 is 0 Å². The Labute approximate surface area is 117 Å². The first-order chi connectivity index (χ1) is 9.67. The predicted octanol–water partition coefficient (Wildman–Crippen LogP) is 1.04. The average molecular weight is 277 g/mol. The van der Waals surface area contributed by atoms with Crippen molar-refractivity contribution in [2.75, 3.05) is 25.1 Å². The van der Waals surface area contributed by atoms with Crippen LogP contribution in [0.3, 0.4) is 0 Å². The molecule has 1 aromatic rings. The SMILES string of the molecule is COC(=O)C1CCCN(c2cc(=O)[nH]c(C3CC3)n2)C1. The molecule has 1 aromatic heterocycles. The number of carbonyl (C=O) groups excluding carboxylic acids is 1. The van der Waals surface area contributed by atoms with Crippen molar-refractivity contribution in [2.24, 2.45) is 5.92 Å². The number of rotatable bonds is 3. The van der Waals surface area contributed by atoms with Crippen molar-refractivity contribution >= 4 is 11.8 Å². The molecule has 1 atom stereocenters. The van der Waals surface area contributed by atoms with E-state index in [9.17, 15) is 9.59 Å². The van der Waals surface area contributed by atoms with E-state index in [-0.39, 0.29) is 17.4 Å².